The van der Waals surface area contributed by atoms with Crippen LogP contribution in [0.5, 0.6) is 11.5 Å². The molecule has 0 saturated carbocycles. The van der Waals surface area contributed by atoms with Gasteiger partial charge in [0.25, 0.3) is 5.91 Å². The van der Waals surface area contributed by atoms with E-state index in [4.69, 9.17) is 21.1 Å². The first-order valence-corrected chi connectivity index (χ1v) is 7.65. The number of hydrogen-bond donors (Lipinski definition) is 0. The highest BCUT2D eigenvalue weighted by atomic mass is 35.5. The average Bonchev–Trinajstić information content (AvgIpc) is 2.53. The van der Waals surface area contributed by atoms with Crippen LogP contribution in [-0.4, -0.2) is 43.5 Å². The van der Waals surface area contributed by atoms with Crippen molar-refractivity contribution in [1.82, 2.24) is 4.90 Å². The molecule has 0 N–H and O–H groups in total. The Morgan fingerprint density at radius 3 is 2.14 bits per heavy atom. The van der Waals surface area contributed by atoms with Gasteiger partial charge in [0, 0.05) is 30.1 Å². The maximum Gasteiger partial charge on any atom is 0.254 e. The number of carbonyl (C=O) groups excluding carboxylic acids is 1. The molecule has 1 aromatic carbocycles. The quantitative estimate of drug-likeness (QED) is 0.802. The number of amides is 1. The highest BCUT2D eigenvalue weighted by Crippen LogP contribution is 2.27. The van der Waals surface area contributed by atoms with Crippen molar-refractivity contribution in [2.24, 2.45) is 5.92 Å². The van der Waals surface area contributed by atoms with E-state index >= 15 is 0 Å². The summed E-state index contributed by atoms with van der Waals surface area (Å²) in [6.07, 6.45) is 1.91. The Balaban J connectivity index is 2.10. The second-order valence-electron chi connectivity index (χ2n) is 5.41. The van der Waals surface area contributed by atoms with Crippen LogP contribution in [0.25, 0.3) is 0 Å². The molecule has 0 spiro atoms. The highest BCUT2D eigenvalue weighted by molar-refractivity contribution is 6.20. The Labute approximate surface area is 131 Å². The van der Waals surface area contributed by atoms with Gasteiger partial charge >= 0.3 is 0 Å². The molecule has 5 heteroatoms. The van der Waals surface area contributed by atoms with Gasteiger partial charge in [-0.2, -0.15) is 0 Å². The average molecular weight is 312 g/mol. The van der Waals surface area contributed by atoms with Gasteiger partial charge in [0.2, 0.25) is 0 Å². The minimum Gasteiger partial charge on any atom is -0.497 e. The van der Waals surface area contributed by atoms with Gasteiger partial charge < -0.3 is 14.4 Å². The fraction of sp³-hybridized carbons (Fsp3) is 0.562. The van der Waals surface area contributed by atoms with Crippen molar-refractivity contribution in [1.29, 1.82) is 0 Å². The van der Waals surface area contributed by atoms with E-state index in [2.05, 4.69) is 0 Å². The van der Waals surface area contributed by atoms with Gasteiger partial charge in [-0.3, -0.25) is 4.79 Å². The summed E-state index contributed by atoms with van der Waals surface area (Å²) in [4.78, 5) is 14.5. The monoisotopic (exact) mass is 311 g/mol. The van der Waals surface area contributed by atoms with Gasteiger partial charge in [0.05, 0.1) is 14.2 Å². The van der Waals surface area contributed by atoms with Crippen molar-refractivity contribution in [2.75, 3.05) is 27.3 Å². The molecule has 1 unspecified atom stereocenters. The molecule has 1 fully saturated rings. The summed E-state index contributed by atoms with van der Waals surface area (Å²) in [5.41, 5.74) is 0.601. The third kappa shape index (κ3) is 3.82. The number of halogens is 1. The van der Waals surface area contributed by atoms with Gasteiger partial charge in [0.15, 0.2) is 0 Å². The normalized spacial score (nSPS) is 17.4. The lowest BCUT2D eigenvalue weighted by Gasteiger charge is -2.33. The SMILES string of the molecule is COc1cc(OC)cc(C(=O)N2CCC(C(C)Cl)CC2)c1. The molecule has 116 valence electrons. The van der Waals surface area contributed by atoms with Crippen LogP contribution in [0.3, 0.4) is 0 Å². The zero-order valence-electron chi connectivity index (χ0n) is 12.8. The number of nitrogens with zero attached hydrogens (tertiary/aromatic N) is 1. The van der Waals surface area contributed by atoms with Crippen LogP contribution in [0, 0.1) is 5.92 Å². The van der Waals surface area contributed by atoms with E-state index in [1.54, 1.807) is 32.4 Å². The lowest BCUT2D eigenvalue weighted by molar-refractivity contribution is 0.0689. The largest absolute Gasteiger partial charge is 0.497 e. The Bertz CT molecular complexity index is 474. The zero-order chi connectivity index (χ0) is 15.4. The van der Waals surface area contributed by atoms with Crippen LogP contribution in [0.2, 0.25) is 0 Å². The van der Waals surface area contributed by atoms with Crippen molar-refractivity contribution in [2.45, 2.75) is 25.1 Å². The van der Waals surface area contributed by atoms with Crippen LogP contribution < -0.4 is 9.47 Å². The number of methoxy groups -OCH3 is 2. The fourth-order valence-electron chi connectivity index (χ4n) is 2.68. The predicted molar refractivity (Wildman–Crippen MR) is 83.5 cm³/mol. The minimum absolute atomic E-state index is 0.0212. The van der Waals surface area contributed by atoms with Crippen molar-refractivity contribution in [3.63, 3.8) is 0 Å². The van der Waals surface area contributed by atoms with Crippen molar-refractivity contribution in [3.8, 4) is 11.5 Å². The van der Waals surface area contributed by atoms with Crippen molar-refractivity contribution in [3.05, 3.63) is 23.8 Å². The van der Waals surface area contributed by atoms with E-state index in [-0.39, 0.29) is 11.3 Å². The second-order valence-corrected chi connectivity index (χ2v) is 6.10. The molecule has 1 saturated heterocycles. The van der Waals surface area contributed by atoms with Crippen molar-refractivity contribution < 1.29 is 14.3 Å². The summed E-state index contributed by atoms with van der Waals surface area (Å²) in [6.45, 7) is 3.52. The lowest BCUT2D eigenvalue weighted by Crippen LogP contribution is -2.40. The molecule has 1 aliphatic rings. The molecule has 1 amide bonds. The fourth-order valence-corrected chi connectivity index (χ4v) is 2.93. The molecule has 21 heavy (non-hydrogen) atoms. The molecule has 1 heterocycles. The van der Waals surface area contributed by atoms with Gasteiger partial charge in [-0.05, 0) is 37.8 Å². The number of rotatable bonds is 4. The van der Waals surface area contributed by atoms with Crippen LogP contribution in [0.15, 0.2) is 18.2 Å². The molecule has 0 bridgehead atoms. The number of alkyl halides is 1. The molecule has 0 aliphatic carbocycles. The Morgan fingerprint density at radius 2 is 1.71 bits per heavy atom. The van der Waals surface area contributed by atoms with Gasteiger partial charge in [-0.25, -0.2) is 0 Å². The topological polar surface area (TPSA) is 38.8 Å². The van der Waals surface area contributed by atoms with E-state index in [9.17, 15) is 4.79 Å². The molecule has 4 nitrogen and oxygen atoms in total. The van der Waals surface area contributed by atoms with Crippen LogP contribution in [0.1, 0.15) is 30.1 Å². The standard InChI is InChI=1S/C16H22ClNO3/c1-11(17)12-4-6-18(7-5-12)16(19)13-8-14(20-2)10-15(9-13)21-3/h8-12H,4-7H2,1-3H3. The lowest BCUT2D eigenvalue weighted by atomic mass is 9.93. The number of piperidine rings is 1. The van der Waals surface area contributed by atoms with Crippen LogP contribution in [0.4, 0.5) is 0 Å². The van der Waals surface area contributed by atoms with Gasteiger partial charge in [-0.1, -0.05) is 0 Å². The van der Waals surface area contributed by atoms with Crippen LogP contribution in [-0.2, 0) is 0 Å². The minimum atomic E-state index is 0.0212. The molecular weight excluding hydrogens is 290 g/mol. The van der Waals surface area contributed by atoms with E-state index in [0.717, 1.165) is 25.9 Å². The first-order valence-electron chi connectivity index (χ1n) is 7.21. The van der Waals surface area contributed by atoms with E-state index in [1.165, 1.54) is 0 Å². The van der Waals surface area contributed by atoms with Crippen LogP contribution >= 0.6 is 11.6 Å². The first-order chi connectivity index (χ1) is 10.0. The summed E-state index contributed by atoms with van der Waals surface area (Å²) >= 11 is 6.14. The van der Waals surface area contributed by atoms with Gasteiger partial charge in [0.1, 0.15) is 11.5 Å². The third-order valence-electron chi connectivity index (χ3n) is 4.07. The highest BCUT2D eigenvalue weighted by Gasteiger charge is 2.26. The number of hydrogen-bond acceptors (Lipinski definition) is 3. The van der Waals surface area contributed by atoms with E-state index < -0.39 is 0 Å². The first kappa shape index (κ1) is 16.0. The molecular formula is C16H22ClNO3. The van der Waals surface area contributed by atoms with Gasteiger partial charge in [-0.15, -0.1) is 11.6 Å². The van der Waals surface area contributed by atoms with Crippen molar-refractivity contribution >= 4 is 17.5 Å². The molecule has 1 atom stereocenters. The third-order valence-corrected chi connectivity index (χ3v) is 4.43. The smallest absolute Gasteiger partial charge is 0.254 e. The Kier molecular flexibility index (Phi) is 5.34. The Hall–Kier alpha value is -1.42. The molecule has 1 aliphatic heterocycles. The summed E-state index contributed by atoms with van der Waals surface area (Å²) in [5.74, 6) is 1.77. The Morgan fingerprint density at radius 1 is 1.19 bits per heavy atom. The number of benzene rings is 1. The summed E-state index contributed by atoms with van der Waals surface area (Å²) in [7, 11) is 3.16. The summed E-state index contributed by atoms with van der Waals surface area (Å²) in [6, 6.07) is 5.26. The maximum absolute atomic E-state index is 12.6. The summed E-state index contributed by atoms with van der Waals surface area (Å²) in [5, 5.41) is 0.166. The maximum atomic E-state index is 12.6. The zero-order valence-corrected chi connectivity index (χ0v) is 13.5. The summed E-state index contributed by atoms with van der Waals surface area (Å²) < 4.78 is 10.4. The molecule has 1 aromatic rings. The predicted octanol–water partition coefficient (Wildman–Crippen LogP) is 3.18. The van der Waals surface area contributed by atoms with E-state index in [1.807, 2.05) is 11.8 Å². The number of likely N-dealkylation sites (tertiary alicyclic amines) is 1. The second kappa shape index (κ2) is 7.03. The molecule has 0 radical (unpaired) electrons. The molecule has 0 aromatic heterocycles. The number of ether oxygens (including phenoxy) is 2. The van der Waals surface area contributed by atoms with E-state index in [0.29, 0.717) is 23.0 Å². The molecule has 2 rings (SSSR count). The number of carbonyl (C=O) groups is 1.